The van der Waals surface area contributed by atoms with E-state index in [0.29, 0.717) is 24.2 Å². The number of nitrogens with one attached hydrogen (secondary N) is 1. The van der Waals surface area contributed by atoms with Crippen molar-refractivity contribution in [3.8, 4) is 5.75 Å². The summed E-state index contributed by atoms with van der Waals surface area (Å²) in [5.41, 5.74) is 1.35. The molecule has 4 atom stereocenters. The van der Waals surface area contributed by atoms with Gasteiger partial charge in [-0.25, -0.2) is 0 Å². The second kappa shape index (κ2) is 5.51. The van der Waals surface area contributed by atoms with E-state index in [2.05, 4.69) is 24.4 Å². The van der Waals surface area contributed by atoms with Crippen molar-refractivity contribution in [2.75, 3.05) is 13.7 Å². The molecule has 0 aliphatic carbocycles. The summed E-state index contributed by atoms with van der Waals surface area (Å²) in [6.45, 7) is 3.16. The predicted molar refractivity (Wildman–Crippen MR) is 75.4 cm³/mol. The van der Waals surface area contributed by atoms with E-state index in [-0.39, 0.29) is 0 Å². The molecule has 3 rings (SSSR count). The highest BCUT2D eigenvalue weighted by molar-refractivity contribution is 5.30. The zero-order valence-electron chi connectivity index (χ0n) is 11.8. The molecule has 0 spiro atoms. The summed E-state index contributed by atoms with van der Waals surface area (Å²) in [4.78, 5) is 0. The number of benzene rings is 1. The Labute approximate surface area is 115 Å². The van der Waals surface area contributed by atoms with Crippen molar-refractivity contribution in [3.05, 3.63) is 29.8 Å². The van der Waals surface area contributed by atoms with Gasteiger partial charge in [0.25, 0.3) is 0 Å². The molecule has 2 bridgehead atoms. The van der Waals surface area contributed by atoms with Gasteiger partial charge in [-0.15, -0.1) is 0 Å². The smallest absolute Gasteiger partial charge is 0.118 e. The maximum Gasteiger partial charge on any atom is 0.118 e. The third kappa shape index (κ3) is 2.49. The van der Waals surface area contributed by atoms with Crippen molar-refractivity contribution >= 4 is 0 Å². The lowest BCUT2D eigenvalue weighted by Gasteiger charge is -2.29. The summed E-state index contributed by atoms with van der Waals surface area (Å²) in [7, 11) is 1.71. The third-order valence-corrected chi connectivity index (χ3v) is 4.48. The largest absolute Gasteiger partial charge is 0.497 e. The van der Waals surface area contributed by atoms with Crippen LogP contribution in [0.25, 0.3) is 0 Å². The predicted octanol–water partition coefficient (Wildman–Crippen LogP) is 2.91. The van der Waals surface area contributed by atoms with Crippen LogP contribution in [0.5, 0.6) is 5.75 Å². The van der Waals surface area contributed by atoms with Crippen molar-refractivity contribution in [2.45, 2.75) is 44.4 Å². The highest BCUT2D eigenvalue weighted by atomic mass is 16.5. The molecule has 1 aromatic rings. The lowest BCUT2D eigenvalue weighted by Crippen LogP contribution is -2.33. The fourth-order valence-electron chi connectivity index (χ4n) is 3.58. The van der Waals surface area contributed by atoms with Crippen LogP contribution in [0.4, 0.5) is 0 Å². The van der Waals surface area contributed by atoms with Crippen molar-refractivity contribution in [3.63, 3.8) is 0 Å². The fourth-order valence-corrected chi connectivity index (χ4v) is 3.58. The zero-order valence-corrected chi connectivity index (χ0v) is 11.8. The number of rotatable bonds is 5. The molecule has 0 saturated carbocycles. The SMILES string of the molecule is CCNC(c1ccc(OC)cc1)C1CC2CCC1O2. The lowest BCUT2D eigenvalue weighted by molar-refractivity contribution is 0.0858. The highest BCUT2D eigenvalue weighted by Crippen LogP contribution is 2.44. The average molecular weight is 261 g/mol. The second-order valence-electron chi connectivity index (χ2n) is 5.58. The standard InChI is InChI=1S/C16H23NO2/c1-3-17-16(11-4-6-12(18-2)7-5-11)14-10-13-8-9-15(14)19-13/h4-7,13-17H,3,8-10H2,1-2H3. The topological polar surface area (TPSA) is 30.5 Å². The zero-order chi connectivity index (χ0) is 13.2. The Bertz CT molecular complexity index is 417. The minimum absolute atomic E-state index is 0.409. The summed E-state index contributed by atoms with van der Waals surface area (Å²) in [5.74, 6) is 1.54. The number of hydrogen-bond donors (Lipinski definition) is 1. The Kier molecular flexibility index (Phi) is 3.76. The quantitative estimate of drug-likeness (QED) is 0.884. The second-order valence-corrected chi connectivity index (χ2v) is 5.58. The summed E-state index contributed by atoms with van der Waals surface area (Å²) < 4.78 is 11.3. The maximum absolute atomic E-state index is 6.01. The van der Waals surface area contributed by atoms with E-state index in [4.69, 9.17) is 9.47 Å². The van der Waals surface area contributed by atoms with Crippen LogP contribution in [0.1, 0.15) is 37.8 Å². The van der Waals surface area contributed by atoms with Crippen LogP contribution < -0.4 is 10.1 Å². The summed E-state index contributed by atoms with van der Waals surface area (Å²) in [6.07, 6.45) is 4.65. The van der Waals surface area contributed by atoms with E-state index in [0.717, 1.165) is 12.3 Å². The molecule has 19 heavy (non-hydrogen) atoms. The molecule has 3 heteroatoms. The normalized spacial score (nSPS) is 30.5. The van der Waals surface area contributed by atoms with Crippen LogP contribution in [-0.2, 0) is 4.74 Å². The van der Waals surface area contributed by atoms with Crippen molar-refractivity contribution in [1.82, 2.24) is 5.32 Å². The first-order chi connectivity index (χ1) is 9.31. The molecular weight excluding hydrogens is 238 g/mol. The van der Waals surface area contributed by atoms with Gasteiger partial charge in [0.2, 0.25) is 0 Å². The van der Waals surface area contributed by atoms with Gasteiger partial charge in [-0.05, 0) is 43.5 Å². The van der Waals surface area contributed by atoms with Crippen LogP contribution in [-0.4, -0.2) is 25.9 Å². The van der Waals surface area contributed by atoms with Gasteiger partial charge in [0, 0.05) is 12.0 Å². The minimum Gasteiger partial charge on any atom is -0.497 e. The molecule has 3 nitrogen and oxygen atoms in total. The number of ether oxygens (including phenoxy) is 2. The first kappa shape index (κ1) is 12.9. The van der Waals surface area contributed by atoms with Crippen LogP contribution in [0.2, 0.25) is 0 Å². The fraction of sp³-hybridized carbons (Fsp3) is 0.625. The van der Waals surface area contributed by atoms with Crippen molar-refractivity contribution in [2.24, 2.45) is 5.92 Å². The molecule has 2 fully saturated rings. The molecule has 104 valence electrons. The molecule has 0 amide bonds. The summed E-state index contributed by atoms with van der Waals surface area (Å²) in [5, 5.41) is 3.64. The Balaban J connectivity index is 1.79. The average Bonchev–Trinajstić information content (AvgIpc) is 3.07. The van der Waals surface area contributed by atoms with Gasteiger partial charge in [-0.3, -0.25) is 0 Å². The van der Waals surface area contributed by atoms with E-state index in [1.807, 2.05) is 12.1 Å². The summed E-state index contributed by atoms with van der Waals surface area (Å²) in [6, 6.07) is 8.86. The van der Waals surface area contributed by atoms with E-state index in [9.17, 15) is 0 Å². The number of fused-ring (bicyclic) bond motifs is 2. The third-order valence-electron chi connectivity index (χ3n) is 4.48. The molecule has 2 aliphatic rings. The molecule has 1 aromatic carbocycles. The Hall–Kier alpha value is -1.06. The Morgan fingerprint density at radius 2 is 2.11 bits per heavy atom. The van der Waals surface area contributed by atoms with Crippen molar-refractivity contribution in [1.29, 1.82) is 0 Å². The van der Waals surface area contributed by atoms with Gasteiger partial charge in [-0.1, -0.05) is 19.1 Å². The molecule has 2 aliphatic heterocycles. The molecular formula is C16H23NO2. The van der Waals surface area contributed by atoms with Crippen LogP contribution in [0.3, 0.4) is 0 Å². The molecule has 4 unspecified atom stereocenters. The molecule has 2 heterocycles. The van der Waals surface area contributed by atoms with Gasteiger partial charge in [0.1, 0.15) is 5.75 Å². The van der Waals surface area contributed by atoms with E-state index >= 15 is 0 Å². The monoisotopic (exact) mass is 261 g/mol. The maximum atomic E-state index is 6.01. The molecule has 0 aromatic heterocycles. The van der Waals surface area contributed by atoms with Gasteiger partial charge in [-0.2, -0.15) is 0 Å². The number of methoxy groups -OCH3 is 1. The lowest BCUT2D eigenvalue weighted by atomic mass is 9.81. The Morgan fingerprint density at radius 3 is 2.63 bits per heavy atom. The van der Waals surface area contributed by atoms with Gasteiger partial charge < -0.3 is 14.8 Å². The highest BCUT2D eigenvalue weighted by Gasteiger charge is 2.44. The first-order valence-electron chi connectivity index (χ1n) is 7.34. The minimum atomic E-state index is 0.409. The van der Waals surface area contributed by atoms with Crippen LogP contribution in [0.15, 0.2) is 24.3 Å². The molecule has 0 radical (unpaired) electrons. The van der Waals surface area contributed by atoms with E-state index < -0.39 is 0 Å². The van der Waals surface area contributed by atoms with Gasteiger partial charge in [0.05, 0.1) is 19.3 Å². The van der Waals surface area contributed by atoms with Crippen molar-refractivity contribution < 1.29 is 9.47 Å². The Morgan fingerprint density at radius 1 is 1.32 bits per heavy atom. The van der Waals surface area contributed by atoms with Crippen LogP contribution in [0, 0.1) is 5.92 Å². The van der Waals surface area contributed by atoms with E-state index in [1.165, 1.54) is 24.8 Å². The first-order valence-corrected chi connectivity index (χ1v) is 7.34. The van der Waals surface area contributed by atoms with Gasteiger partial charge >= 0.3 is 0 Å². The van der Waals surface area contributed by atoms with Crippen LogP contribution >= 0.6 is 0 Å². The molecule has 2 saturated heterocycles. The summed E-state index contributed by atoms with van der Waals surface area (Å²) >= 11 is 0. The number of hydrogen-bond acceptors (Lipinski definition) is 3. The van der Waals surface area contributed by atoms with Gasteiger partial charge in [0.15, 0.2) is 0 Å². The van der Waals surface area contributed by atoms with E-state index in [1.54, 1.807) is 7.11 Å². The molecule has 1 N–H and O–H groups in total.